The molecule has 0 amide bonds. The van der Waals surface area contributed by atoms with Gasteiger partial charge in [-0.1, -0.05) is 0 Å². The standard InChI is InChI=1S/C10H10F5NO/c1-16(5-10(13,14)15)8-3-7(12)9(17-2)4-6(8)11/h3-4H,5H2,1-2H3. The van der Waals surface area contributed by atoms with E-state index in [-0.39, 0.29) is 5.75 Å². The third kappa shape index (κ3) is 3.47. The third-order valence-electron chi connectivity index (χ3n) is 2.05. The summed E-state index contributed by atoms with van der Waals surface area (Å²) in [6.07, 6.45) is -4.49. The zero-order chi connectivity index (χ0) is 13.2. The zero-order valence-electron chi connectivity index (χ0n) is 9.11. The summed E-state index contributed by atoms with van der Waals surface area (Å²) in [4.78, 5) is 0.581. The highest BCUT2D eigenvalue weighted by Crippen LogP contribution is 2.28. The second-order valence-corrected chi connectivity index (χ2v) is 3.41. The topological polar surface area (TPSA) is 12.5 Å². The van der Waals surface area contributed by atoms with Crippen molar-refractivity contribution in [3.8, 4) is 5.75 Å². The van der Waals surface area contributed by atoms with Crippen LogP contribution in [0, 0.1) is 11.6 Å². The Morgan fingerprint density at radius 3 is 2.24 bits per heavy atom. The summed E-state index contributed by atoms with van der Waals surface area (Å²) >= 11 is 0. The Labute approximate surface area is 94.6 Å². The largest absolute Gasteiger partial charge is 0.494 e. The molecule has 0 heterocycles. The maximum atomic E-state index is 13.4. The summed E-state index contributed by atoms with van der Waals surface area (Å²) in [5, 5.41) is 0. The number of benzene rings is 1. The van der Waals surface area contributed by atoms with Gasteiger partial charge in [0.2, 0.25) is 0 Å². The molecule has 0 aliphatic carbocycles. The molecule has 0 spiro atoms. The zero-order valence-corrected chi connectivity index (χ0v) is 9.11. The van der Waals surface area contributed by atoms with E-state index >= 15 is 0 Å². The summed E-state index contributed by atoms with van der Waals surface area (Å²) in [7, 11) is 2.16. The SMILES string of the molecule is COc1cc(F)c(N(C)CC(F)(F)F)cc1F. The molecule has 0 N–H and O–H groups in total. The van der Waals surface area contributed by atoms with Crippen molar-refractivity contribution in [2.75, 3.05) is 25.6 Å². The van der Waals surface area contributed by atoms with Gasteiger partial charge in [0.25, 0.3) is 0 Å². The first-order valence-electron chi connectivity index (χ1n) is 4.55. The van der Waals surface area contributed by atoms with Crippen LogP contribution in [0.5, 0.6) is 5.75 Å². The number of ether oxygens (including phenoxy) is 1. The molecule has 0 radical (unpaired) electrons. The van der Waals surface area contributed by atoms with Crippen LogP contribution in [0.4, 0.5) is 27.6 Å². The summed E-state index contributed by atoms with van der Waals surface area (Å²) in [5.74, 6) is -2.25. The van der Waals surface area contributed by atoms with E-state index in [1.165, 1.54) is 0 Å². The molecule has 1 aromatic carbocycles. The van der Waals surface area contributed by atoms with Crippen molar-refractivity contribution in [1.82, 2.24) is 0 Å². The minimum absolute atomic E-state index is 0.355. The van der Waals surface area contributed by atoms with E-state index in [1.54, 1.807) is 0 Å². The molecule has 0 unspecified atom stereocenters. The molecule has 1 aromatic rings. The first-order chi connectivity index (χ1) is 7.74. The fourth-order valence-electron chi connectivity index (χ4n) is 1.32. The number of halogens is 5. The van der Waals surface area contributed by atoms with Crippen LogP contribution in [0.1, 0.15) is 0 Å². The number of anilines is 1. The van der Waals surface area contributed by atoms with Crippen molar-refractivity contribution in [3.63, 3.8) is 0 Å². The molecular formula is C10H10F5NO. The van der Waals surface area contributed by atoms with E-state index < -0.39 is 30.0 Å². The predicted octanol–water partition coefficient (Wildman–Crippen LogP) is 2.97. The lowest BCUT2D eigenvalue weighted by Gasteiger charge is -2.21. The van der Waals surface area contributed by atoms with Crippen LogP contribution in [-0.4, -0.2) is 26.9 Å². The van der Waals surface area contributed by atoms with Crippen molar-refractivity contribution in [3.05, 3.63) is 23.8 Å². The molecular weight excluding hydrogens is 245 g/mol. The highest BCUT2D eigenvalue weighted by molar-refractivity contribution is 5.50. The first kappa shape index (κ1) is 13.5. The quantitative estimate of drug-likeness (QED) is 0.770. The van der Waals surface area contributed by atoms with Crippen LogP contribution < -0.4 is 9.64 Å². The van der Waals surface area contributed by atoms with Gasteiger partial charge in [-0.3, -0.25) is 0 Å². The fraction of sp³-hybridized carbons (Fsp3) is 0.400. The smallest absolute Gasteiger partial charge is 0.405 e. The van der Waals surface area contributed by atoms with E-state index in [9.17, 15) is 22.0 Å². The monoisotopic (exact) mass is 255 g/mol. The Balaban J connectivity index is 3.02. The molecule has 96 valence electrons. The molecule has 0 atom stereocenters. The van der Waals surface area contributed by atoms with Crippen molar-refractivity contribution in [2.45, 2.75) is 6.18 Å². The van der Waals surface area contributed by atoms with Crippen LogP contribution >= 0.6 is 0 Å². The van der Waals surface area contributed by atoms with Gasteiger partial charge in [-0.2, -0.15) is 13.2 Å². The minimum Gasteiger partial charge on any atom is -0.494 e. The molecule has 0 saturated carbocycles. The van der Waals surface area contributed by atoms with Gasteiger partial charge in [0.1, 0.15) is 12.4 Å². The molecule has 0 aliphatic rings. The maximum Gasteiger partial charge on any atom is 0.405 e. The Hall–Kier alpha value is -1.53. The molecule has 2 nitrogen and oxygen atoms in total. The fourth-order valence-corrected chi connectivity index (χ4v) is 1.32. The van der Waals surface area contributed by atoms with Crippen molar-refractivity contribution >= 4 is 5.69 Å². The van der Waals surface area contributed by atoms with Crippen LogP contribution in [0.2, 0.25) is 0 Å². The second kappa shape index (κ2) is 4.77. The Morgan fingerprint density at radius 1 is 1.18 bits per heavy atom. The van der Waals surface area contributed by atoms with Crippen molar-refractivity contribution in [2.24, 2.45) is 0 Å². The van der Waals surface area contributed by atoms with Gasteiger partial charge in [-0.05, 0) is 0 Å². The predicted molar refractivity (Wildman–Crippen MR) is 52.2 cm³/mol. The van der Waals surface area contributed by atoms with Gasteiger partial charge in [0.15, 0.2) is 11.6 Å². The van der Waals surface area contributed by atoms with E-state index in [4.69, 9.17) is 0 Å². The highest BCUT2D eigenvalue weighted by atomic mass is 19.4. The maximum absolute atomic E-state index is 13.4. The molecule has 17 heavy (non-hydrogen) atoms. The molecule has 0 aliphatic heterocycles. The molecule has 7 heteroatoms. The van der Waals surface area contributed by atoms with Gasteiger partial charge in [-0.25, -0.2) is 8.78 Å². The lowest BCUT2D eigenvalue weighted by Crippen LogP contribution is -2.31. The van der Waals surface area contributed by atoms with E-state index in [0.29, 0.717) is 17.0 Å². The molecule has 0 bridgehead atoms. The van der Waals surface area contributed by atoms with E-state index in [2.05, 4.69) is 4.74 Å². The Kier molecular flexibility index (Phi) is 3.79. The third-order valence-corrected chi connectivity index (χ3v) is 2.05. The normalized spacial score (nSPS) is 11.5. The lowest BCUT2D eigenvalue weighted by molar-refractivity contribution is -0.119. The summed E-state index contributed by atoms with van der Waals surface area (Å²) in [6, 6.07) is 1.37. The van der Waals surface area contributed by atoms with Crippen LogP contribution in [-0.2, 0) is 0 Å². The number of hydrogen-bond acceptors (Lipinski definition) is 2. The Morgan fingerprint density at radius 2 is 1.76 bits per heavy atom. The summed E-state index contributed by atoms with van der Waals surface area (Å²) in [5.41, 5.74) is -0.472. The lowest BCUT2D eigenvalue weighted by atomic mass is 10.2. The van der Waals surface area contributed by atoms with E-state index in [0.717, 1.165) is 14.2 Å². The van der Waals surface area contributed by atoms with Gasteiger partial charge < -0.3 is 9.64 Å². The second-order valence-electron chi connectivity index (χ2n) is 3.41. The summed E-state index contributed by atoms with van der Waals surface area (Å²) in [6.45, 7) is -1.37. The first-order valence-corrected chi connectivity index (χ1v) is 4.55. The van der Waals surface area contributed by atoms with Crippen LogP contribution in [0.3, 0.4) is 0 Å². The molecule has 1 rings (SSSR count). The molecule has 0 saturated heterocycles. The van der Waals surface area contributed by atoms with Gasteiger partial charge in [-0.15, -0.1) is 0 Å². The number of rotatable bonds is 3. The molecule has 0 fully saturated rings. The van der Waals surface area contributed by atoms with Crippen LogP contribution in [0.15, 0.2) is 12.1 Å². The van der Waals surface area contributed by atoms with Gasteiger partial charge in [0, 0.05) is 19.2 Å². The number of nitrogens with zero attached hydrogens (tertiary/aromatic N) is 1. The number of methoxy groups -OCH3 is 1. The summed E-state index contributed by atoms with van der Waals surface area (Å²) < 4.78 is 67.4. The van der Waals surface area contributed by atoms with Crippen LogP contribution in [0.25, 0.3) is 0 Å². The molecule has 0 aromatic heterocycles. The van der Waals surface area contributed by atoms with Crippen molar-refractivity contribution in [1.29, 1.82) is 0 Å². The highest BCUT2D eigenvalue weighted by Gasteiger charge is 2.30. The van der Waals surface area contributed by atoms with Crippen molar-refractivity contribution < 1.29 is 26.7 Å². The van der Waals surface area contributed by atoms with E-state index in [1.807, 2.05) is 0 Å². The van der Waals surface area contributed by atoms with Gasteiger partial charge >= 0.3 is 6.18 Å². The number of hydrogen-bond donors (Lipinski definition) is 0. The number of alkyl halides is 3. The Bertz CT molecular complexity index is 404. The minimum atomic E-state index is -4.49. The van der Waals surface area contributed by atoms with Gasteiger partial charge in [0.05, 0.1) is 12.8 Å². The average Bonchev–Trinajstić information content (AvgIpc) is 2.18. The average molecular weight is 255 g/mol.